The van der Waals surface area contributed by atoms with Crippen molar-refractivity contribution in [3.63, 3.8) is 0 Å². The number of hydrogen-bond donors (Lipinski definition) is 4. The van der Waals surface area contributed by atoms with Crippen molar-refractivity contribution in [3.05, 3.63) is 22.7 Å². The van der Waals surface area contributed by atoms with E-state index in [0.29, 0.717) is 0 Å². The first-order valence-electron chi connectivity index (χ1n) is 12.5. The number of hydrogen-bond acceptors (Lipinski definition) is 12. The van der Waals surface area contributed by atoms with E-state index >= 15 is 0 Å². The normalized spacial score (nSPS) is 25.0. The molecule has 16 heteroatoms. The van der Waals surface area contributed by atoms with Gasteiger partial charge < -0.3 is 25.4 Å². The molecule has 0 radical (unpaired) electrons. The monoisotopic (exact) mass is 598 g/mol. The van der Waals surface area contributed by atoms with Crippen LogP contribution in [0.2, 0.25) is 0 Å². The van der Waals surface area contributed by atoms with Crippen LogP contribution in [0.3, 0.4) is 0 Å². The zero-order valence-electron chi connectivity index (χ0n) is 23.0. The number of halogens is 1. The quantitative estimate of drug-likeness (QED) is 0.138. The molecule has 2 heterocycles. The Morgan fingerprint density at radius 3 is 2.59 bits per heavy atom. The lowest BCUT2D eigenvalue weighted by atomic mass is 10.00. The predicted octanol–water partition coefficient (Wildman–Crippen LogP) is 1.84. The Morgan fingerprint density at radius 1 is 1.36 bits per heavy atom. The van der Waals surface area contributed by atoms with Gasteiger partial charge in [0, 0.05) is 23.3 Å². The van der Waals surface area contributed by atoms with Crippen LogP contribution in [0.4, 0.5) is 10.2 Å². The zero-order chi connectivity index (χ0) is 29.5. The van der Waals surface area contributed by atoms with Crippen LogP contribution in [0.1, 0.15) is 47.8 Å². The first-order valence-corrected chi connectivity index (χ1v) is 15.0. The Morgan fingerprint density at radius 2 is 2.03 bits per heavy atom. The first-order chi connectivity index (χ1) is 18.1. The second-order valence-corrected chi connectivity index (χ2v) is 13.3. The fraction of sp³-hybridized carbons (Fsp3) is 0.783. The van der Waals surface area contributed by atoms with Gasteiger partial charge in [-0.25, -0.2) is 14.4 Å². The molecule has 39 heavy (non-hydrogen) atoms. The number of nitrogen functional groups attached to an aromatic ring is 1. The van der Waals surface area contributed by atoms with E-state index in [1.165, 1.54) is 19.2 Å². The summed E-state index contributed by atoms with van der Waals surface area (Å²) < 4.78 is 50.6. The summed E-state index contributed by atoms with van der Waals surface area (Å²) in [5.41, 5.74) is 4.13. The van der Waals surface area contributed by atoms with Gasteiger partial charge in [-0.2, -0.15) is 4.98 Å². The summed E-state index contributed by atoms with van der Waals surface area (Å²) in [7, 11) is -4.19. The second-order valence-electron chi connectivity index (χ2n) is 10.4. The zero-order valence-corrected chi connectivity index (χ0v) is 24.7. The second kappa shape index (κ2) is 14.5. The average Bonchev–Trinajstić information content (AvgIpc) is 3.14. The molecule has 1 aromatic rings. The van der Waals surface area contributed by atoms with Gasteiger partial charge in [-0.05, 0) is 26.8 Å². The van der Waals surface area contributed by atoms with Gasteiger partial charge in [-0.15, -0.1) is 0 Å². The molecule has 13 nitrogen and oxygen atoms in total. The SMILES string of the molecule is CC(C)OC(O)[C@H](C)NP(=O)(OCCSC(=O)C(C)(C)C)OC[C@H]1O[C@@H](n2ccc(N)nc2=O)[C@H](O)[C@@H]1CF. The third-order valence-electron chi connectivity index (χ3n) is 5.63. The molecular formula is C23H40FN4O9PS. The fourth-order valence-electron chi connectivity index (χ4n) is 3.50. The van der Waals surface area contributed by atoms with Crippen LogP contribution >= 0.6 is 19.5 Å². The van der Waals surface area contributed by atoms with Crippen LogP contribution in [-0.2, 0) is 27.9 Å². The molecule has 7 atom stereocenters. The number of alkyl halides is 1. The van der Waals surface area contributed by atoms with E-state index in [0.717, 1.165) is 16.3 Å². The highest BCUT2D eigenvalue weighted by molar-refractivity contribution is 8.13. The summed E-state index contributed by atoms with van der Waals surface area (Å²) in [6.07, 6.45) is -4.27. The molecule has 224 valence electrons. The first kappa shape index (κ1) is 33.8. The minimum absolute atomic E-state index is 0.0325. The number of aliphatic hydroxyl groups excluding tert-OH is 2. The number of aliphatic hydroxyl groups is 2. The average molecular weight is 599 g/mol. The van der Waals surface area contributed by atoms with Crippen molar-refractivity contribution >= 4 is 30.4 Å². The van der Waals surface area contributed by atoms with E-state index in [1.807, 2.05) is 0 Å². The smallest absolute Gasteiger partial charge is 0.388 e. The molecule has 0 bridgehead atoms. The van der Waals surface area contributed by atoms with E-state index in [9.17, 15) is 28.8 Å². The third kappa shape index (κ3) is 9.87. The van der Waals surface area contributed by atoms with E-state index in [4.69, 9.17) is 24.3 Å². The Bertz CT molecular complexity index is 1060. The number of anilines is 1. The minimum Gasteiger partial charge on any atom is -0.388 e. The van der Waals surface area contributed by atoms with Crippen LogP contribution in [-0.4, -0.2) is 81.2 Å². The topological polar surface area (TPSA) is 184 Å². The van der Waals surface area contributed by atoms with Crippen molar-refractivity contribution in [2.45, 2.75) is 78.4 Å². The summed E-state index contributed by atoms with van der Waals surface area (Å²) in [5, 5.41) is 23.4. The van der Waals surface area contributed by atoms with Gasteiger partial charge in [0.15, 0.2) is 17.6 Å². The lowest BCUT2D eigenvalue weighted by Gasteiger charge is -2.28. The van der Waals surface area contributed by atoms with E-state index < -0.39 is 68.8 Å². The number of thioether (sulfide) groups is 1. The number of nitrogens with zero attached hydrogens (tertiary/aromatic N) is 2. The number of rotatable bonds is 14. The van der Waals surface area contributed by atoms with Gasteiger partial charge in [0.2, 0.25) is 0 Å². The molecule has 0 spiro atoms. The number of nitrogens with two attached hydrogens (primary N) is 1. The van der Waals surface area contributed by atoms with Gasteiger partial charge in [0.1, 0.15) is 11.9 Å². The number of carbonyl (C=O) groups is 1. The molecule has 0 saturated carbocycles. The van der Waals surface area contributed by atoms with Crippen LogP contribution in [0, 0.1) is 11.3 Å². The van der Waals surface area contributed by atoms with Crippen molar-refractivity contribution in [3.8, 4) is 0 Å². The molecule has 0 amide bonds. The summed E-state index contributed by atoms with van der Waals surface area (Å²) >= 11 is 1.01. The summed E-state index contributed by atoms with van der Waals surface area (Å²) in [6.45, 7) is 8.58. The molecule has 2 unspecified atom stereocenters. The molecule has 1 aliphatic heterocycles. The van der Waals surface area contributed by atoms with Crippen molar-refractivity contribution in [2.75, 3.05) is 31.4 Å². The largest absolute Gasteiger partial charge is 0.406 e. The Hall–Kier alpha value is -1.42. The molecule has 0 aromatic carbocycles. The molecule has 5 N–H and O–H groups in total. The molecular weight excluding hydrogens is 558 g/mol. The number of nitrogens with one attached hydrogen (secondary N) is 1. The molecule has 1 fully saturated rings. The highest BCUT2D eigenvalue weighted by Gasteiger charge is 2.46. The van der Waals surface area contributed by atoms with Crippen LogP contribution in [0.25, 0.3) is 0 Å². The number of aromatic nitrogens is 2. The van der Waals surface area contributed by atoms with Gasteiger partial charge >= 0.3 is 13.4 Å². The standard InChI is InChI=1S/C23H40FN4O9PS/c1-13(2)36-20(30)14(3)27-38(33,34-9-10-39-21(31)23(4,5)6)35-12-16-15(11-24)18(29)19(37-16)28-8-7-17(25)26-22(28)32/h7-8,13-16,18-20,29-30H,9-12H2,1-6H3,(H,27,33)(H2,25,26,32)/t14-,15+,16+,18+,19+,20?,38?/m0/s1. The van der Waals surface area contributed by atoms with Crippen molar-refractivity contribution in [1.82, 2.24) is 14.6 Å². The maximum Gasteiger partial charge on any atom is 0.406 e. The van der Waals surface area contributed by atoms with Crippen molar-refractivity contribution < 1.29 is 42.5 Å². The number of carbonyl (C=O) groups excluding carboxylic acids is 1. The van der Waals surface area contributed by atoms with Gasteiger partial charge in [-0.3, -0.25) is 22.8 Å². The lowest BCUT2D eigenvalue weighted by molar-refractivity contribution is -0.138. The fourth-order valence-corrected chi connectivity index (χ4v) is 5.93. The number of ether oxygens (including phenoxy) is 2. The molecule has 0 aliphatic carbocycles. The van der Waals surface area contributed by atoms with Gasteiger partial charge in [0.25, 0.3) is 0 Å². The highest BCUT2D eigenvalue weighted by Crippen LogP contribution is 2.46. The van der Waals surface area contributed by atoms with Crippen molar-refractivity contribution in [1.29, 1.82) is 0 Å². The Labute approximate surface area is 231 Å². The van der Waals surface area contributed by atoms with E-state index in [-0.39, 0.29) is 29.4 Å². The molecule has 1 saturated heterocycles. The maximum absolute atomic E-state index is 13.9. The van der Waals surface area contributed by atoms with Crippen LogP contribution < -0.4 is 16.5 Å². The summed E-state index contributed by atoms with van der Waals surface area (Å²) in [5.74, 6) is -0.985. The summed E-state index contributed by atoms with van der Waals surface area (Å²) in [4.78, 5) is 28.0. The molecule has 2 rings (SSSR count). The minimum atomic E-state index is -4.19. The van der Waals surface area contributed by atoms with Crippen LogP contribution in [0.15, 0.2) is 17.1 Å². The maximum atomic E-state index is 13.9. The molecule has 1 aliphatic rings. The predicted molar refractivity (Wildman–Crippen MR) is 144 cm³/mol. The molecule has 1 aromatic heterocycles. The summed E-state index contributed by atoms with van der Waals surface area (Å²) in [6, 6.07) is 0.410. The van der Waals surface area contributed by atoms with Crippen LogP contribution in [0.5, 0.6) is 0 Å². The van der Waals surface area contributed by atoms with Gasteiger partial charge in [0.05, 0.1) is 38.1 Å². The van der Waals surface area contributed by atoms with E-state index in [2.05, 4.69) is 10.1 Å². The third-order valence-corrected chi connectivity index (χ3v) is 8.61. The Balaban J connectivity index is 2.14. The lowest BCUT2D eigenvalue weighted by Crippen LogP contribution is -2.40. The van der Waals surface area contributed by atoms with Gasteiger partial charge in [-0.1, -0.05) is 32.5 Å². The Kier molecular flexibility index (Phi) is 12.5. The van der Waals surface area contributed by atoms with E-state index in [1.54, 1.807) is 34.6 Å². The highest BCUT2D eigenvalue weighted by atomic mass is 32.2. The van der Waals surface area contributed by atoms with Crippen molar-refractivity contribution in [2.24, 2.45) is 11.3 Å².